The van der Waals surface area contributed by atoms with Gasteiger partial charge in [-0.2, -0.15) is 5.10 Å². The molecule has 0 saturated carbocycles. The van der Waals surface area contributed by atoms with Crippen LogP contribution in [0.3, 0.4) is 0 Å². The van der Waals surface area contributed by atoms with Crippen LogP contribution in [0, 0.1) is 0 Å². The molecule has 0 aliphatic rings. The van der Waals surface area contributed by atoms with Crippen molar-refractivity contribution in [2.24, 2.45) is 10.9 Å². The van der Waals surface area contributed by atoms with Gasteiger partial charge in [0.15, 0.2) is 51.7 Å². The summed E-state index contributed by atoms with van der Waals surface area (Å²) in [6, 6.07) is 119. The molecule has 0 aliphatic carbocycles. The minimum Gasteiger partial charge on any atom is -0.504 e. The molecule has 662 valence electrons. The van der Waals surface area contributed by atoms with Crippen molar-refractivity contribution in [3.05, 3.63) is 454 Å². The van der Waals surface area contributed by atoms with Crippen molar-refractivity contribution >= 4 is 75.5 Å². The predicted molar refractivity (Wildman–Crippen MR) is 514 cm³/mol. The molecule has 23 heteroatoms. The highest BCUT2D eigenvalue weighted by Gasteiger charge is 2.25. The molecule has 16 aromatic carbocycles. The third kappa shape index (κ3) is 27.7. The summed E-state index contributed by atoms with van der Waals surface area (Å²) in [5, 5.41) is 35.7. The Morgan fingerprint density at radius 1 is 0.290 bits per heavy atom. The van der Waals surface area contributed by atoms with Gasteiger partial charge in [0, 0.05) is 16.7 Å². The lowest BCUT2D eigenvalue weighted by atomic mass is 9.97. The van der Waals surface area contributed by atoms with Gasteiger partial charge in [0.1, 0.15) is 59.5 Å². The van der Waals surface area contributed by atoms with Crippen molar-refractivity contribution in [1.29, 1.82) is 0 Å². The fourth-order valence-electron chi connectivity index (χ4n) is 13.2. The van der Waals surface area contributed by atoms with Crippen LogP contribution in [0.15, 0.2) is 381 Å². The summed E-state index contributed by atoms with van der Waals surface area (Å²) in [6.07, 6.45) is 1.71. The minimum atomic E-state index is -0.703. The van der Waals surface area contributed by atoms with Crippen LogP contribution in [0.1, 0.15) is 97.1 Å². The van der Waals surface area contributed by atoms with Crippen LogP contribution < -0.4 is 59.3 Å². The molecule has 0 fully saturated rings. The van der Waals surface area contributed by atoms with Crippen LogP contribution in [-0.2, 0) is 68.9 Å². The highest BCUT2D eigenvalue weighted by molar-refractivity contribution is 14.0. The van der Waals surface area contributed by atoms with Crippen molar-refractivity contribution in [2.45, 2.75) is 59.5 Å². The summed E-state index contributed by atoms with van der Waals surface area (Å²) in [5.74, 6) is 5.19. The number of aromatic hydroxyl groups is 3. The number of ether oxygens (including phenoxy) is 11. The Labute approximate surface area is 775 Å². The number of esters is 2. The van der Waals surface area contributed by atoms with Gasteiger partial charge >= 0.3 is 11.9 Å². The van der Waals surface area contributed by atoms with Crippen molar-refractivity contribution in [2.75, 3.05) is 14.2 Å². The molecule has 22 nitrogen and oxygen atoms in total. The fourth-order valence-corrected chi connectivity index (χ4v) is 13.2. The molecule has 0 spiro atoms. The molecule has 131 heavy (non-hydrogen) atoms. The standard InChI is InChI=1S/C43H34N2O4.C29H26O5.C28H26N2O4.C8H8O5.HI/c46-43(45-44-27-39-37-22-12-10-20-34(37)24-35-21-11-13-23-38(35)39)36-25-40(47-28-31-14-4-1-5-15-31)42(49-30-33-18-8-3-9-19-33)41(26-36)48-29-32-16-6-2-7-17-32;1-31-29(30)25-17-26(32-19-22-11-5-2-6-12-22)28(34-21-24-15-9-4-10-16-24)27(18-25)33-20-23-13-7-3-8-14-23;29-30-28(31)24-16-25(32-18-21-10-4-1-5-11-21)27(34-20-23-14-8-3-9-15-23)26(17-24)33-19-22-12-6-2-7-13-22;1-13-8(12)4-2-5(9)7(11)6(10)3-4;/h1-27H,28-30H2,(H,45,46);2-18H,19-21H2,1H3;1-17H,18-20,29H2,(H,30,31);2-3,9-11H,1H3;1H/b44-27+;;;;. The predicted octanol–water partition coefficient (Wildman–Crippen LogP) is 21.9. The van der Waals surface area contributed by atoms with Crippen molar-refractivity contribution in [1.82, 2.24) is 10.9 Å². The Bertz CT molecular complexity index is 5930. The average Bonchev–Trinajstić information content (AvgIpc) is 0.726. The lowest BCUT2D eigenvalue weighted by Crippen LogP contribution is -2.30. The first-order chi connectivity index (χ1) is 63.7. The van der Waals surface area contributed by atoms with Crippen molar-refractivity contribution in [3.8, 4) is 69.0 Å². The Kier molecular flexibility index (Phi) is 35.3. The third-order valence-corrected chi connectivity index (χ3v) is 19.9. The second kappa shape index (κ2) is 49.1. The summed E-state index contributed by atoms with van der Waals surface area (Å²) >= 11 is 0. The number of rotatable bonds is 33. The SMILES string of the molecule is COC(=O)c1cc(O)c(O)c(O)c1.COC(=O)c1cc(OCc2ccccc2)c(OCc2ccccc2)c(OCc2ccccc2)c1.I.NNC(=O)c1cc(OCc2ccccc2)c(OCc2ccccc2)c(OCc2ccccc2)c1.O=C(N/N=C/c1c2ccccc2cc2ccccc12)c1cc(OCc2ccccc2)c(OCc2ccccc2)c(OCc2ccccc2)c1. The molecule has 0 bridgehead atoms. The monoisotopic (exact) mass is 1860 g/mol. The Balaban J connectivity index is 0.000000169. The number of hydrogen-bond acceptors (Lipinski definition) is 20. The molecular formula is C108H95IN4O18. The maximum atomic E-state index is 13.7. The molecule has 0 aliphatic heterocycles. The lowest BCUT2D eigenvalue weighted by Gasteiger charge is -2.19. The zero-order valence-corrected chi connectivity index (χ0v) is 74.0. The van der Waals surface area contributed by atoms with E-state index in [2.05, 4.69) is 51.0 Å². The molecule has 16 rings (SSSR count). The topological polar surface area (TPSA) is 293 Å². The van der Waals surface area contributed by atoms with Crippen LogP contribution >= 0.6 is 24.0 Å². The summed E-state index contributed by atoms with van der Waals surface area (Å²) in [6.45, 7) is 2.70. The molecule has 0 unspecified atom stereocenters. The van der Waals surface area contributed by atoms with E-state index in [-0.39, 0.29) is 42.8 Å². The molecule has 0 atom stereocenters. The van der Waals surface area contributed by atoms with E-state index in [0.29, 0.717) is 115 Å². The number of carbonyl (C=O) groups is 4. The van der Waals surface area contributed by atoms with E-state index in [1.54, 1.807) is 42.6 Å². The first kappa shape index (κ1) is 94.0. The molecular weight excluding hydrogens is 1770 g/mol. The van der Waals surface area contributed by atoms with Gasteiger partial charge < -0.3 is 67.4 Å². The van der Waals surface area contributed by atoms with E-state index in [0.717, 1.165) is 89.3 Å². The van der Waals surface area contributed by atoms with Crippen molar-refractivity contribution < 1.29 is 86.6 Å². The molecule has 0 aromatic heterocycles. The van der Waals surface area contributed by atoms with Crippen LogP contribution in [0.2, 0.25) is 0 Å². The number of amides is 2. The third-order valence-electron chi connectivity index (χ3n) is 19.9. The quantitative estimate of drug-likeness (QED) is 0.00326. The maximum absolute atomic E-state index is 13.7. The Hall–Kier alpha value is -16.1. The smallest absolute Gasteiger partial charge is 0.338 e. The summed E-state index contributed by atoms with van der Waals surface area (Å²) in [5.41, 5.74) is 15.6. The average molecular weight is 1860 g/mol. The summed E-state index contributed by atoms with van der Waals surface area (Å²) < 4.78 is 65.2. The first-order valence-corrected chi connectivity index (χ1v) is 41.4. The van der Waals surface area contributed by atoms with Crippen molar-refractivity contribution in [3.63, 3.8) is 0 Å². The first-order valence-electron chi connectivity index (χ1n) is 41.4. The van der Waals surface area contributed by atoms with E-state index in [4.69, 9.17) is 68.5 Å². The highest BCUT2D eigenvalue weighted by atomic mass is 127. The number of nitrogen functional groups attached to an aromatic ring is 1. The number of methoxy groups -OCH3 is 2. The van der Waals surface area contributed by atoms with E-state index in [1.807, 2.05) is 297 Å². The number of hydrazine groups is 1. The Morgan fingerprint density at radius 2 is 0.511 bits per heavy atom. The van der Waals surface area contributed by atoms with Gasteiger partial charge in [0.05, 0.1) is 31.6 Å². The van der Waals surface area contributed by atoms with Gasteiger partial charge in [0.25, 0.3) is 11.8 Å². The number of hydrogen-bond donors (Lipinski definition) is 6. The minimum absolute atomic E-state index is 0. The number of phenolic OH excluding ortho intramolecular Hbond substituents is 3. The number of nitrogens with two attached hydrogens (primary N) is 1. The number of fused-ring (bicyclic) bond motifs is 2. The summed E-state index contributed by atoms with van der Waals surface area (Å²) in [4.78, 5) is 49.4. The number of benzene rings is 16. The number of hydrazone groups is 1. The highest BCUT2D eigenvalue weighted by Crippen LogP contribution is 2.45. The second-order valence-corrected chi connectivity index (χ2v) is 29.1. The number of halogens is 1. The number of carbonyl (C=O) groups excluding carboxylic acids is 4. The molecule has 16 aromatic rings. The van der Waals surface area contributed by atoms with E-state index in [9.17, 15) is 19.2 Å². The van der Waals surface area contributed by atoms with Crippen LogP contribution in [0.5, 0.6) is 69.0 Å². The maximum Gasteiger partial charge on any atom is 0.338 e. The number of phenols is 3. The fraction of sp³-hybridized carbons (Fsp3) is 0.102. The van der Waals surface area contributed by atoms with Gasteiger partial charge in [0.2, 0.25) is 17.2 Å². The van der Waals surface area contributed by atoms with Gasteiger partial charge in [-0.25, -0.2) is 20.9 Å². The lowest BCUT2D eigenvalue weighted by molar-refractivity contribution is 0.0591. The van der Waals surface area contributed by atoms with Crippen LogP contribution in [0.4, 0.5) is 0 Å². The largest absolute Gasteiger partial charge is 0.504 e. The molecule has 0 saturated heterocycles. The summed E-state index contributed by atoms with van der Waals surface area (Å²) in [7, 11) is 2.51. The number of nitrogens with zero attached hydrogens (tertiary/aromatic N) is 1. The van der Waals surface area contributed by atoms with E-state index in [1.165, 1.54) is 14.2 Å². The molecule has 0 heterocycles. The van der Waals surface area contributed by atoms with E-state index < -0.39 is 41.0 Å². The molecule has 0 radical (unpaired) electrons. The number of nitrogens with one attached hydrogen (secondary N) is 2. The second-order valence-electron chi connectivity index (χ2n) is 29.1. The van der Waals surface area contributed by atoms with E-state index >= 15 is 0 Å². The van der Waals surface area contributed by atoms with Gasteiger partial charge in [-0.3, -0.25) is 15.0 Å². The Morgan fingerprint density at radius 3 is 0.763 bits per heavy atom. The van der Waals surface area contributed by atoms with Crippen LogP contribution in [0.25, 0.3) is 21.5 Å². The van der Waals surface area contributed by atoms with Gasteiger partial charge in [-0.1, -0.05) is 322 Å². The normalized spacial score (nSPS) is 10.5. The molecule has 2 amide bonds. The zero-order valence-electron chi connectivity index (χ0n) is 71.6. The zero-order chi connectivity index (χ0) is 90.4. The van der Waals surface area contributed by atoms with Gasteiger partial charge in [-0.15, -0.1) is 24.0 Å². The van der Waals surface area contributed by atoms with Gasteiger partial charge in [-0.05, 0) is 126 Å². The molecule has 7 N–H and O–H groups in total. The van der Waals surface area contributed by atoms with Crippen LogP contribution in [-0.4, -0.2) is 59.5 Å².